The zero-order chi connectivity index (χ0) is 21.8. The number of nitrogens with zero attached hydrogens (tertiary/aromatic N) is 2. The van der Waals surface area contributed by atoms with E-state index in [0.717, 1.165) is 28.4 Å². The molecule has 4 rings (SSSR count). The topological polar surface area (TPSA) is 31.1 Å². The Hall–Kier alpha value is -3.09. The van der Waals surface area contributed by atoms with Crippen molar-refractivity contribution in [1.29, 1.82) is 0 Å². The lowest BCUT2D eigenvalue weighted by Crippen LogP contribution is -2.10. The van der Waals surface area contributed by atoms with Gasteiger partial charge in [0.1, 0.15) is 11.6 Å². The van der Waals surface area contributed by atoms with E-state index in [0.29, 0.717) is 22.9 Å². The maximum atomic E-state index is 13.5. The molecule has 0 bridgehead atoms. The summed E-state index contributed by atoms with van der Waals surface area (Å²) >= 11 is 11.9. The summed E-state index contributed by atoms with van der Waals surface area (Å²) in [5.74, 6) is 0.542. The van der Waals surface area contributed by atoms with E-state index in [1.54, 1.807) is 19.2 Å². The fraction of sp³-hybridized carbons (Fsp3) is 0.125. The number of imidazole rings is 1. The molecule has 0 aliphatic rings. The molecule has 4 nitrogen and oxygen atoms in total. The van der Waals surface area contributed by atoms with Crippen LogP contribution in [0, 0.1) is 10.6 Å². The average Bonchev–Trinajstić information content (AvgIpc) is 3.11. The fourth-order valence-corrected chi connectivity index (χ4v) is 3.82. The van der Waals surface area contributed by atoms with E-state index in [1.807, 2.05) is 63.9 Å². The molecular formula is C24H21ClFN3OS. The first-order valence-corrected chi connectivity index (χ1v) is 10.6. The number of nitrogens with one attached hydrogen (secondary N) is 1. The minimum Gasteiger partial charge on any atom is -0.497 e. The monoisotopic (exact) mass is 453 g/mol. The SMILES string of the molecule is COc1ccc(NCCn2cc(-c3ccc(F)cc3)n(-c3ccc(Cl)cc3)c2=S)cc1. The third kappa shape index (κ3) is 4.81. The number of hydrogen-bond acceptors (Lipinski definition) is 3. The van der Waals surface area contributed by atoms with Gasteiger partial charge in [0, 0.05) is 41.2 Å². The highest BCUT2D eigenvalue weighted by atomic mass is 35.5. The lowest BCUT2D eigenvalue weighted by Gasteiger charge is -2.09. The van der Waals surface area contributed by atoms with Crippen molar-refractivity contribution >= 4 is 29.5 Å². The third-order valence-corrected chi connectivity index (χ3v) is 5.62. The molecule has 0 aliphatic carbocycles. The molecular weight excluding hydrogens is 433 g/mol. The molecule has 31 heavy (non-hydrogen) atoms. The number of aromatic nitrogens is 2. The first kappa shape index (κ1) is 21.2. The summed E-state index contributed by atoms with van der Waals surface area (Å²) in [5.41, 5.74) is 3.67. The molecule has 158 valence electrons. The van der Waals surface area contributed by atoms with Crippen molar-refractivity contribution < 1.29 is 9.13 Å². The highest BCUT2D eigenvalue weighted by Gasteiger charge is 2.13. The van der Waals surface area contributed by atoms with Crippen LogP contribution in [0.4, 0.5) is 10.1 Å². The molecule has 4 aromatic rings. The molecule has 0 fully saturated rings. The van der Waals surface area contributed by atoms with E-state index in [-0.39, 0.29) is 5.82 Å². The largest absolute Gasteiger partial charge is 0.497 e. The number of anilines is 1. The van der Waals surface area contributed by atoms with Crippen molar-refractivity contribution in [2.75, 3.05) is 19.0 Å². The van der Waals surface area contributed by atoms with Gasteiger partial charge in [0.15, 0.2) is 4.77 Å². The van der Waals surface area contributed by atoms with Gasteiger partial charge in [-0.3, -0.25) is 4.57 Å². The summed E-state index contributed by atoms with van der Waals surface area (Å²) in [4.78, 5) is 0. The first-order valence-electron chi connectivity index (χ1n) is 9.77. The van der Waals surface area contributed by atoms with Crippen molar-refractivity contribution in [2.45, 2.75) is 6.54 Å². The van der Waals surface area contributed by atoms with Crippen LogP contribution in [0.3, 0.4) is 0 Å². The van der Waals surface area contributed by atoms with Crippen LogP contribution < -0.4 is 10.1 Å². The second kappa shape index (κ2) is 9.37. The van der Waals surface area contributed by atoms with Gasteiger partial charge in [0.05, 0.1) is 12.8 Å². The summed E-state index contributed by atoms with van der Waals surface area (Å²) in [5, 5.41) is 4.05. The Labute approximate surface area is 190 Å². The van der Waals surface area contributed by atoms with Gasteiger partial charge < -0.3 is 14.6 Å². The molecule has 0 radical (unpaired) electrons. The van der Waals surface area contributed by atoms with Crippen LogP contribution >= 0.6 is 23.8 Å². The number of halogens is 2. The average molecular weight is 454 g/mol. The van der Waals surface area contributed by atoms with Crippen LogP contribution in [0.15, 0.2) is 79.0 Å². The van der Waals surface area contributed by atoms with Gasteiger partial charge in [-0.1, -0.05) is 11.6 Å². The van der Waals surface area contributed by atoms with Crippen LogP contribution in [0.1, 0.15) is 0 Å². The lowest BCUT2D eigenvalue weighted by atomic mass is 10.1. The predicted molar refractivity (Wildman–Crippen MR) is 126 cm³/mol. The van der Waals surface area contributed by atoms with Crippen molar-refractivity contribution in [1.82, 2.24) is 9.13 Å². The molecule has 1 heterocycles. The van der Waals surface area contributed by atoms with Crippen LogP contribution in [-0.4, -0.2) is 22.8 Å². The number of benzene rings is 3. The zero-order valence-corrected chi connectivity index (χ0v) is 18.5. The normalized spacial score (nSPS) is 10.8. The Morgan fingerprint density at radius 1 is 0.968 bits per heavy atom. The van der Waals surface area contributed by atoms with Crippen molar-refractivity contribution in [3.63, 3.8) is 0 Å². The van der Waals surface area contributed by atoms with Crippen LogP contribution in [0.25, 0.3) is 16.9 Å². The van der Waals surface area contributed by atoms with E-state index in [2.05, 4.69) is 5.32 Å². The second-order valence-corrected chi connectivity index (χ2v) is 7.77. The van der Waals surface area contributed by atoms with Crippen LogP contribution in [0.2, 0.25) is 5.02 Å². The summed E-state index contributed by atoms with van der Waals surface area (Å²) in [6.45, 7) is 1.35. The molecule has 3 aromatic carbocycles. The van der Waals surface area contributed by atoms with Crippen molar-refractivity contribution in [3.05, 3.63) is 94.6 Å². The molecule has 0 saturated carbocycles. The second-order valence-electron chi connectivity index (χ2n) is 6.96. The molecule has 1 N–H and O–H groups in total. The quantitative estimate of drug-likeness (QED) is 0.320. The third-order valence-electron chi connectivity index (χ3n) is 4.95. The molecule has 7 heteroatoms. The number of ether oxygens (including phenoxy) is 1. The Kier molecular flexibility index (Phi) is 6.39. The molecule has 0 spiro atoms. The smallest absolute Gasteiger partial charge is 0.185 e. The number of rotatable bonds is 7. The molecule has 0 saturated heterocycles. The van der Waals surface area contributed by atoms with E-state index in [1.165, 1.54) is 12.1 Å². The maximum absolute atomic E-state index is 13.5. The van der Waals surface area contributed by atoms with Crippen molar-refractivity contribution in [2.24, 2.45) is 0 Å². The minimum atomic E-state index is -0.275. The van der Waals surface area contributed by atoms with Gasteiger partial charge in [-0.25, -0.2) is 4.39 Å². The van der Waals surface area contributed by atoms with Gasteiger partial charge in [-0.05, 0) is 85.0 Å². The summed E-state index contributed by atoms with van der Waals surface area (Å²) in [6.07, 6.45) is 2.00. The van der Waals surface area contributed by atoms with Gasteiger partial charge >= 0.3 is 0 Å². The van der Waals surface area contributed by atoms with Gasteiger partial charge in [-0.15, -0.1) is 0 Å². The Morgan fingerprint density at radius 3 is 2.29 bits per heavy atom. The van der Waals surface area contributed by atoms with E-state index >= 15 is 0 Å². The first-order chi connectivity index (χ1) is 15.0. The minimum absolute atomic E-state index is 0.275. The summed E-state index contributed by atoms with van der Waals surface area (Å²) < 4.78 is 23.3. The summed E-state index contributed by atoms with van der Waals surface area (Å²) in [6, 6.07) is 21.7. The fourth-order valence-electron chi connectivity index (χ4n) is 3.35. The van der Waals surface area contributed by atoms with Gasteiger partial charge in [0.2, 0.25) is 0 Å². The number of hydrogen-bond donors (Lipinski definition) is 1. The van der Waals surface area contributed by atoms with Crippen LogP contribution in [0.5, 0.6) is 5.75 Å². The Bertz CT molecular complexity index is 1220. The number of methoxy groups -OCH3 is 1. The zero-order valence-electron chi connectivity index (χ0n) is 16.9. The van der Waals surface area contributed by atoms with E-state index in [4.69, 9.17) is 28.6 Å². The van der Waals surface area contributed by atoms with Gasteiger partial charge in [-0.2, -0.15) is 0 Å². The van der Waals surface area contributed by atoms with Gasteiger partial charge in [0.25, 0.3) is 0 Å². The molecule has 0 aliphatic heterocycles. The van der Waals surface area contributed by atoms with E-state index in [9.17, 15) is 4.39 Å². The highest BCUT2D eigenvalue weighted by Crippen LogP contribution is 2.26. The highest BCUT2D eigenvalue weighted by molar-refractivity contribution is 7.71. The molecule has 0 amide bonds. The summed E-state index contributed by atoms with van der Waals surface area (Å²) in [7, 11) is 1.65. The predicted octanol–water partition coefficient (Wildman–Crippen LogP) is 6.59. The standard InChI is InChI=1S/C24H21ClFN3OS/c1-30-22-12-8-20(9-13-22)27-14-15-28-16-23(17-2-6-19(26)7-3-17)29(24(28)31)21-10-4-18(25)5-11-21/h2-13,16,27H,14-15H2,1H3. The maximum Gasteiger partial charge on any atom is 0.185 e. The van der Waals surface area contributed by atoms with Crippen LogP contribution in [-0.2, 0) is 6.54 Å². The lowest BCUT2D eigenvalue weighted by molar-refractivity contribution is 0.415. The molecule has 1 aromatic heterocycles. The Morgan fingerprint density at radius 2 is 1.65 bits per heavy atom. The Balaban J connectivity index is 1.63. The van der Waals surface area contributed by atoms with Crippen molar-refractivity contribution in [3.8, 4) is 22.7 Å². The van der Waals surface area contributed by atoms with E-state index < -0.39 is 0 Å². The molecule has 0 atom stereocenters. The molecule has 0 unspecified atom stereocenters.